The van der Waals surface area contributed by atoms with Gasteiger partial charge in [0.2, 0.25) is 0 Å². The largest absolute Gasteiger partial charge is 0.476 e. The standard InChI is InChI=1S/C8H12B2O5/c1-5(11)9(6(2)12)15-10(7(3)13)8(4)14/h1-4H3. The molecule has 0 amide bonds. The van der Waals surface area contributed by atoms with Crippen LogP contribution in [0.3, 0.4) is 0 Å². The third kappa shape index (κ3) is 4.20. The molecule has 0 unspecified atom stereocenters. The topological polar surface area (TPSA) is 77.5 Å². The van der Waals surface area contributed by atoms with Crippen LogP contribution in [0, 0.1) is 0 Å². The molecular weight excluding hydrogens is 198 g/mol. The Balaban J connectivity index is 4.77. The van der Waals surface area contributed by atoms with E-state index in [9.17, 15) is 19.2 Å². The highest BCUT2D eigenvalue weighted by Crippen LogP contribution is 1.98. The third-order valence-electron chi connectivity index (χ3n) is 1.75. The average molecular weight is 210 g/mol. The number of hydrogen-bond acceptors (Lipinski definition) is 5. The van der Waals surface area contributed by atoms with Gasteiger partial charge in [0.15, 0.2) is 0 Å². The molecule has 0 aromatic carbocycles. The van der Waals surface area contributed by atoms with Gasteiger partial charge in [0.05, 0.1) is 0 Å². The van der Waals surface area contributed by atoms with E-state index in [0.29, 0.717) is 0 Å². The highest BCUT2D eigenvalue weighted by atomic mass is 16.4. The Labute approximate surface area is 88.8 Å². The Hall–Kier alpha value is -1.23. The fourth-order valence-corrected chi connectivity index (χ4v) is 1.09. The van der Waals surface area contributed by atoms with Gasteiger partial charge in [0.25, 0.3) is 0 Å². The van der Waals surface area contributed by atoms with Crippen LogP contribution in [-0.4, -0.2) is 36.6 Å². The zero-order valence-corrected chi connectivity index (χ0v) is 9.20. The zero-order chi connectivity index (χ0) is 12.2. The summed E-state index contributed by atoms with van der Waals surface area (Å²) in [6.45, 7) is 2.02. The molecule has 5 nitrogen and oxygen atoms in total. The van der Waals surface area contributed by atoms with E-state index in [1.807, 2.05) is 0 Å². The molecule has 0 bridgehead atoms. The first kappa shape index (κ1) is 13.8. The van der Waals surface area contributed by atoms with E-state index in [-0.39, 0.29) is 0 Å². The lowest BCUT2D eigenvalue weighted by Gasteiger charge is -2.12. The van der Waals surface area contributed by atoms with Crippen molar-refractivity contribution < 1.29 is 23.8 Å². The minimum Gasteiger partial charge on any atom is -0.476 e. The van der Waals surface area contributed by atoms with Gasteiger partial charge >= 0.3 is 13.8 Å². The van der Waals surface area contributed by atoms with E-state index in [2.05, 4.69) is 0 Å². The van der Waals surface area contributed by atoms with Gasteiger partial charge in [-0.3, -0.25) is 0 Å². The Morgan fingerprint density at radius 3 is 1.00 bits per heavy atom. The molecule has 7 heteroatoms. The van der Waals surface area contributed by atoms with E-state index < -0.39 is 36.6 Å². The van der Waals surface area contributed by atoms with Crippen molar-refractivity contribution in [3.63, 3.8) is 0 Å². The molecule has 0 fully saturated rings. The molecule has 0 aliphatic carbocycles. The number of rotatable bonds is 6. The summed E-state index contributed by atoms with van der Waals surface area (Å²) >= 11 is 0. The fraction of sp³-hybridized carbons (Fsp3) is 0.500. The van der Waals surface area contributed by atoms with Crippen molar-refractivity contribution in [2.75, 3.05) is 0 Å². The summed E-state index contributed by atoms with van der Waals surface area (Å²) in [4.78, 5) is 44.0. The second kappa shape index (κ2) is 5.60. The van der Waals surface area contributed by atoms with Crippen molar-refractivity contribution >= 4 is 36.6 Å². The first-order valence-corrected chi connectivity index (χ1v) is 4.44. The number of hydrogen-bond donors (Lipinski definition) is 0. The summed E-state index contributed by atoms with van der Waals surface area (Å²) in [6.07, 6.45) is 0. The molecule has 0 atom stereocenters. The smallest absolute Gasteiger partial charge is 0.426 e. The van der Waals surface area contributed by atoms with Gasteiger partial charge in [-0.2, -0.15) is 0 Å². The van der Waals surface area contributed by atoms with Crippen molar-refractivity contribution in [2.45, 2.75) is 27.7 Å². The van der Waals surface area contributed by atoms with Gasteiger partial charge < -0.3 is 23.8 Å². The number of carbonyl (C=O) groups excluding carboxylic acids is 4. The van der Waals surface area contributed by atoms with Crippen molar-refractivity contribution in [3.8, 4) is 0 Å². The molecular formula is C8H12B2O5. The second-order valence-electron chi connectivity index (χ2n) is 3.34. The van der Waals surface area contributed by atoms with E-state index in [0.717, 1.165) is 0 Å². The van der Waals surface area contributed by atoms with E-state index in [1.165, 1.54) is 27.7 Å². The minimum absolute atomic E-state index is 0.519. The van der Waals surface area contributed by atoms with Gasteiger partial charge in [-0.05, 0) is 27.7 Å². The molecule has 0 aromatic rings. The molecule has 0 aliphatic rings. The monoisotopic (exact) mass is 210 g/mol. The normalized spacial score (nSPS) is 9.33. The van der Waals surface area contributed by atoms with Crippen LogP contribution in [0.4, 0.5) is 0 Å². The molecule has 80 valence electrons. The van der Waals surface area contributed by atoms with Crippen LogP contribution in [0.25, 0.3) is 0 Å². The van der Waals surface area contributed by atoms with Crippen LogP contribution in [0.1, 0.15) is 27.7 Å². The summed E-state index contributed by atoms with van der Waals surface area (Å²) in [6, 6.07) is 0. The third-order valence-corrected chi connectivity index (χ3v) is 1.75. The fourth-order valence-electron chi connectivity index (χ4n) is 1.09. The Morgan fingerprint density at radius 1 is 0.667 bits per heavy atom. The molecule has 0 heterocycles. The van der Waals surface area contributed by atoms with Crippen LogP contribution >= 0.6 is 0 Å². The first-order valence-electron chi connectivity index (χ1n) is 4.44. The lowest BCUT2D eigenvalue weighted by atomic mass is 9.51. The molecule has 0 aromatic heterocycles. The van der Waals surface area contributed by atoms with Crippen LogP contribution in [0.2, 0.25) is 0 Å². The Bertz CT molecular complexity index is 254. The van der Waals surface area contributed by atoms with E-state index in [1.54, 1.807) is 0 Å². The van der Waals surface area contributed by atoms with Crippen molar-refractivity contribution in [3.05, 3.63) is 0 Å². The van der Waals surface area contributed by atoms with Crippen molar-refractivity contribution in [2.24, 2.45) is 0 Å². The van der Waals surface area contributed by atoms with E-state index >= 15 is 0 Å². The minimum atomic E-state index is -1.33. The SMILES string of the molecule is CC(=O)B(OB(C(C)=O)C(C)=O)C(C)=O. The molecule has 0 saturated heterocycles. The van der Waals surface area contributed by atoms with Gasteiger partial charge in [-0.1, -0.05) is 0 Å². The molecule has 0 rings (SSSR count). The molecule has 0 N–H and O–H groups in total. The van der Waals surface area contributed by atoms with Crippen LogP contribution in [-0.2, 0) is 23.8 Å². The van der Waals surface area contributed by atoms with Crippen molar-refractivity contribution in [1.82, 2.24) is 0 Å². The maximum atomic E-state index is 11.0. The predicted octanol–water partition coefficient (Wildman–Crippen LogP) is -0.501. The Morgan fingerprint density at radius 2 is 0.867 bits per heavy atom. The van der Waals surface area contributed by atoms with Crippen LogP contribution in [0.5, 0.6) is 0 Å². The zero-order valence-electron chi connectivity index (χ0n) is 9.20. The Kier molecular flexibility index (Phi) is 5.14. The van der Waals surface area contributed by atoms with Crippen LogP contribution in [0.15, 0.2) is 0 Å². The van der Waals surface area contributed by atoms with Gasteiger partial charge in [-0.15, -0.1) is 0 Å². The summed E-state index contributed by atoms with van der Waals surface area (Å²) in [5.74, 6) is 0. The van der Waals surface area contributed by atoms with Gasteiger partial charge in [-0.25, -0.2) is 0 Å². The maximum absolute atomic E-state index is 11.0. The van der Waals surface area contributed by atoms with Gasteiger partial charge in [0, 0.05) is 0 Å². The van der Waals surface area contributed by atoms with Gasteiger partial charge in [0.1, 0.15) is 22.7 Å². The molecule has 15 heavy (non-hydrogen) atoms. The quantitative estimate of drug-likeness (QED) is 0.552. The maximum Gasteiger partial charge on any atom is 0.426 e. The summed E-state index contributed by atoms with van der Waals surface area (Å²) in [5, 5.41) is 0. The predicted molar refractivity (Wildman–Crippen MR) is 55.3 cm³/mol. The average Bonchev–Trinajstić information content (AvgIpc) is 2.01. The van der Waals surface area contributed by atoms with Crippen LogP contribution < -0.4 is 0 Å². The molecule has 0 saturated carbocycles. The summed E-state index contributed by atoms with van der Waals surface area (Å²) < 4.78 is 4.90. The highest BCUT2D eigenvalue weighted by molar-refractivity contribution is 7.16. The second-order valence-corrected chi connectivity index (χ2v) is 3.34. The van der Waals surface area contributed by atoms with Crippen molar-refractivity contribution in [1.29, 1.82) is 0 Å². The lowest BCUT2D eigenvalue weighted by Crippen LogP contribution is -2.47. The molecule has 0 radical (unpaired) electrons. The molecule has 0 aliphatic heterocycles. The number of carbonyl (C=O) groups is 4. The highest BCUT2D eigenvalue weighted by Gasteiger charge is 2.37. The molecule has 0 spiro atoms. The van der Waals surface area contributed by atoms with E-state index in [4.69, 9.17) is 4.57 Å². The lowest BCUT2D eigenvalue weighted by molar-refractivity contribution is -0.115. The first-order chi connectivity index (χ1) is 6.77. The summed E-state index contributed by atoms with van der Waals surface area (Å²) in [5.41, 5.74) is -2.07. The summed E-state index contributed by atoms with van der Waals surface area (Å²) in [7, 11) is 0.